The highest BCUT2D eigenvalue weighted by Crippen LogP contribution is 2.30. The van der Waals surface area contributed by atoms with Crippen LogP contribution in [0.4, 0.5) is 5.69 Å². The Balaban J connectivity index is 0.00000364. The summed E-state index contributed by atoms with van der Waals surface area (Å²) in [7, 11) is 1.71. The second kappa shape index (κ2) is 11.6. The average Bonchev–Trinajstić information content (AvgIpc) is 3.14. The summed E-state index contributed by atoms with van der Waals surface area (Å²) in [5.74, 6) is 1.74. The van der Waals surface area contributed by atoms with Crippen LogP contribution in [0, 0.1) is 5.41 Å². The van der Waals surface area contributed by atoms with Gasteiger partial charge in [-0.1, -0.05) is 26.0 Å². The average molecular weight is 490 g/mol. The third kappa shape index (κ3) is 6.71. The fourth-order valence-electron chi connectivity index (χ4n) is 3.04. The van der Waals surface area contributed by atoms with E-state index in [1.165, 1.54) is 0 Å². The molecule has 2 rings (SSSR count). The van der Waals surface area contributed by atoms with Crippen molar-refractivity contribution in [2.45, 2.75) is 39.7 Å². The van der Waals surface area contributed by atoms with Crippen LogP contribution in [-0.2, 0) is 0 Å². The van der Waals surface area contributed by atoms with Gasteiger partial charge in [0, 0.05) is 31.1 Å². The van der Waals surface area contributed by atoms with Crippen LogP contribution in [0.15, 0.2) is 29.3 Å². The number of ether oxygens (including phenoxy) is 1. The standard InChI is InChI=1S/C20H34N4O2.HI/c1-5-20(3,15-25)14-22-19(21-6-2)23-16-11-12-24(13-16)17-9-7-8-10-18(17)26-4;/h7-10,16,25H,5-6,11-15H2,1-4H3,(H2,21,22,23);1H. The van der Waals surface area contributed by atoms with Crippen molar-refractivity contribution in [2.24, 2.45) is 10.4 Å². The van der Waals surface area contributed by atoms with E-state index in [2.05, 4.69) is 42.4 Å². The van der Waals surface area contributed by atoms with Gasteiger partial charge in [0.1, 0.15) is 5.75 Å². The highest BCUT2D eigenvalue weighted by atomic mass is 127. The summed E-state index contributed by atoms with van der Waals surface area (Å²) in [5, 5.41) is 16.5. The number of aliphatic hydroxyl groups is 1. The van der Waals surface area contributed by atoms with Gasteiger partial charge in [-0.3, -0.25) is 4.99 Å². The number of hydrogen-bond acceptors (Lipinski definition) is 4. The number of hydrogen-bond donors (Lipinski definition) is 3. The van der Waals surface area contributed by atoms with Gasteiger partial charge in [-0.05, 0) is 31.9 Å². The van der Waals surface area contributed by atoms with Crippen molar-refractivity contribution in [3.05, 3.63) is 24.3 Å². The maximum absolute atomic E-state index is 9.59. The van der Waals surface area contributed by atoms with E-state index < -0.39 is 0 Å². The number of rotatable bonds is 8. The minimum Gasteiger partial charge on any atom is -0.495 e. The minimum atomic E-state index is -0.165. The number of nitrogens with zero attached hydrogens (tertiary/aromatic N) is 2. The third-order valence-corrected chi connectivity index (χ3v) is 5.15. The first kappa shape index (κ1) is 23.8. The summed E-state index contributed by atoms with van der Waals surface area (Å²) in [5.41, 5.74) is 0.974. The van der Waals surface area contributed by atoms with Gasteiger partial charge < -0.3 is 25.4 Å². The zero-order valence-electron chi connectivity index (χ0n) is 17.0. The van der Waals surface area contributed by atoms with Crippen LogP contribution >= 0.6 is 24.0 Å². The van der Waals surface area contributed by atoms with Crippen molar-refractivity contribution in [3.8, 4) is 5.75 Å². The summed E-state index contributed by atoms with van der Waals surface area (Å²) in [4.78, 5) is 7.06. The number of benzene rings is 1. The molecule has 154 valence electrons. The second-order valence-electron chi connectivity index (χ2n) is 7.27. The van der Waals surface area contributed by atoms with Crippen molar-refractivity contribution in [1.29, 1.82) is 0 Å². The number of halogens is 1. The Morgan fingerprint density at radius 3 is 2.74 bits per heavy atom. The summed E-state index contributed by atoms with van der Waals surface area (Å²) < 4.78 is 5.49. The molecule has 0 aliphatic carbocycles. The highest BCUT2D eigenvalue weighted by molar-refractivity contribution is 14.0. The Kier molecular flexibility index (Phi) is 10.2. The number of guanidine groups is 1. The van der Waals surface area contributed by atoms with Gasteiger partial charge in [-0.25, -0.2) is 0 Å². The molecule has 0 radical (unpaired) electrons. The monoisotopic (exact) mass is 490 g/mol. The second-order valence-corrected chi connectivity index (χ2v) is 7.27. The molecule has 1 aliphatic rings. The predicted octanol–water partition coefficient (Wildman–Crippen LogP) is 2.86. The SMILES string of the molecule is CCNC(=NCC(C)(CC)CO)NC1CCN(c2ccccc2OC)C1.I. The molecule has 0 aromatic heterocycles. The Morgan fingerprint density at radius 2 is 2.11 bits per heavy atom. The van der Waals surface area contributed by atoms with Gasteiger partial charge >= 0.3 is 0 Å². The Labute approximate surface area is 180 Å². The summed E-state index contributed by atoms with van der Waals surface area (Å²) in [6.07, 6.45) is 1.95. The first-order valence-corrected chi connectivity index (χ1v) is 9.59. The molecule has 0 saturated carbocycles. The van der Waals surface area contributed by atoms with Gasteiger partial charge in [0.05, 0.1) is 25.9 Å². The largest absolute Gasteiger partial charge is 0.495 e. The van der Waals surface area contributed by atoms with Gasteiger partial charge in [-0.2, -0.15) is 0 Å². The lowest BCUT2D eigenvalue weighted by Gasteiger charge is -2.25. The molecule has 27 heavy (non-hydrogen) atoms. The topological polar surface area (TPSA) is 69.1 Å². The molecule has 0 bridgehead atoms. The maximum Gasteiger partial charge on any atom is 0.191 e. The fraction of sp³-hybridized carbons (Fsp3) is 0.650. The lowest BCUT2D eigenvalue weighted by molar-refractivity contribution is 0.145. The van der Waals surface area contributed by atoms with Gasteiger partial charge in [0.15, 0.2) is 5.96 Å². The smallest absolute Gasteiger partial charge is 0.191 e. The van der Waals surface area contributed by atoms with E-state index in [0.29, 0.717) is 12.6 Å². The van der Waals surface area contributed by atoms with E-state index in [9.17, 15) is 5.11 Å². The maximum atomic E-state index is 9.59. The quantitative estimate of drug-likeness (QED) is 0.297. The molecule has 2 unspecified atom stereocenters. The van der Waals surface area contributed by atoms with Gasteiger partial charge in [0.25, 0.3) is 0 Å². The third-order valence-electron chi connectivity index (χ3n) is 5.15. The van der Waals surface area contributed by atoms with Crippen molar-refractivity contribution >= 4 is 35.6 Å². The first-order valence-electron chi connectivity index (χ1n) is 9.59. The molecule has 2 atom stereocenters. The number of para-hydroxylation sites is 2. The van der Waals surface area contributed by atoms with Crippen molar-refractivity contribution in [2.75, 3.05) is 44.8 Å². The number of nitrogens with one attached hydrogen (secondary N) is 2. The summed E-state index contributed by atoms with van der Waals surface area (Å²) in [6, 6.07) is 8.48. The first-order chi connectivity index (χ1) is 12.5. The van der Waals surface area contributed by atoms with Crippen LogP contribution in [0.1, 0.15) is 33.6 Å². The van der Waals surface area contributed by atoms with E-state index in [0.717, 1.165) is 49.9 Å². The van der Waals surface area contributed by atoms with Gasteiger partial charge in [-0.15, -0.1) is 24.0 Å². The van der Waals surface area contributed by atoms with E-state index >= 15 is 0 Å². The van der Waals surface area contributed by atoms with Crippen molar-refractivity contribution < 1.29 is 9.84 Å². The zero-order valence-corrected chi connectivity index (χ0v) is 19.3. The predicted molar refractivity (Wildman–Crippen MR) is 124 cm³/mol. The zero-order chi connectivity index (χ0) is 19.0. The van der Waals surface area contributed by atoms with Crippen LogP contribution in [0.5, 0.6) is 5.75 Å². The van der Waals surface area contributed by atoms with E-state index in [1.54, 1.807) is 7.11 Å². The molecule has 1 aromatic carbocycles. The molecule has 1 fully saturated rings. The molecule has 3 N–H and O–H groups in total. The molecule has 7 heteroatoms. The molecule has 1 heterocycles. The number of aliphatic imine (C=N–C) groups is 1. The highest BCUT2D eigenvalue weighted by Gasteiger charge is 2.26. The lowest BCUT2D eigenvalue weighted by atomic mass is 9.89. The molecular formula is C20H35IN4O2. The van der Waals surface area contributed by atoms with E-state index in [-0.39, 0.29) is 36.0 Å². The fourth-order valence-corrected chi connectivity index (χ4v) is 3.04. The van der Waals surface area contributed by atoms with Crippen LogP contribution in [-0.4, -0.2) is 57.0 Å². The van der Waals surface area contributed by atoms with Crippen LogP contribution in [0.25, 0.3) is 0 Å². The minimum absolute atomic E-state index is 0. The molecule has 0 amide bonds. The Hall–Kier alpha value is -1.22. The van der Waals surface area contributed by atoms with Crippen LogP contribution in [0.2, 0.25) is 0 Å². The van der Waals surface area contributed by atoms with E-state index in [1.807, 2.05) is 18.2 Å². The molecule has 6 nitrogen and oxygen atoms in total. The van der Waals surface area contributed by atoms with Crippen molar-refractivity contribution in [3.63, 3.8) is 0 Å². The number of aliphatic hydroxyl groups excluding tert-OH is 1. The summed E-state index contributed by atoms with van der Waals surface area (Å²) >= 11 is 0. The molecule has 0 spiro atoms. The molecule has 1 aliphatic heterocycles. The van der Waals surface area contributed by atoms with Crippen LogP contribution in [0.3, 0.4) is 0 Å². The normalized spacial score (nSPS) is 19.2. The number of anilines is 1. The summed E-state index contributed by atoms with van der Waals surface area (Å²) in [6.45, 7) is 9.70. The van der Waals surface area contributed by atoms with E-state index in [4.69, 9.17) is 9.73 Å². The molecule has 1 aromatic rings. The molecular weight excluding hydrogens is 455 g/mol. The van der Waals surface area contributed by atoms with Gasteiger partial charge in [0.2, 0.25) is 0 Å². The molecule has 1 saturated heterocycles. The number of methoxy groups -OCH3 is 1. The Morgan fingerprint density at radius 1 is 1.37 bits per heavy atom. The Bertz CT molecular complexity index is 593. The van der Waals surface area contributed by atoms with Crippen LogP contribution < -0.4 is 20.3 Å². The lowest BCUT2D eigenvalue weighted by Crippen LogP contribution is -2.45. The van der Waals surface area contributed by atoms with Crippen molar-refractivity contribution in [1.82, 2.24) is 10.6 Å².